The van der Waals surface area contributed by atoms with Crippen LogP contribution < -0.4 is 10.0 Å². The van der Waals surface area contributed by atoms with E-state index in [1.807, 2.05) is 50.2 Å². The maximum absolute atomic E-state index is 13.1. The Balaban J connectivity index is 1.48. The van der Waals surface area contributed by atoms with Gasteiger partial charge in [0.25, 0.3) is 0 Å². The van der Waals surface area contributed by atoms with Gasteiger partial charge >= 0.3 is 0 Å². The van der Waals surface area contributed by atoms with E-state index in [1.165, 1.54) is 0 Å². The minimum atomic E-state index is -3.88. The molecule has 2 N–H and O–H groups in total. The number of fused-ring (bicyclic) bond motifs is 1. The number of hydrogen-bond acceptors (Lipinski definition) is 5. The average molecular weight is 470 g/mol. The summed E-state index contributed by atoms with van der Waals surface area (Å²) in [5.74, 6) is 0.231. The first kappa shape index (κ1) is 23.5. The first-order valence-corrected chi connectivity index (χ1v) is 12.9. The fourth-order valence-electron chi connectivity index (χ4n) is 4.31. The Morgan fingerprint density at radius 2 is 1.76 bits per heavy atom. The molecule has 2 heterocycles. The van der Waals surface area contributed by atoms with Gasteiger partial charge in [-0.1, -0.05) is 44.2 Å². The third kappa shape index (κ3) is 5.46. The van der Waals surface area contributed by atoms with Crippen molar-refractivity contribution >= 4 is 26.7 Å². The van der Waals surface area contributed by atoms with Crippen LogP contribution in [0.4, 0.5) is 0 Å². The molecule has 0 spiro atoms. The number of nitrogens with zero attached hydrogens (tertiary/aromatic N) is 1. The lowest BCUT2D eigenvalue weighted by atomic mass is 10.0. The minimum Gasteiger partial charge on any atom is -0.468 e. The van der Waals surface area contributed by atoms with Crippen molar-refractivity contribution in [1.82, 2.24) is 14.9 Å². The number of hydrogen-bond donors (Lipinski definition) is 2. The second-order valence-corrected chi connectivity index (χ2v) is 10.6. The van der Waals surface area contributed by atoms with Crippen molar-refractivity contribution in [1.29, 1.82) is 0 Å². The van der Waals surface area contributed by atoms with Crippen molar-refractivity contribution in [2.24, 2.45) is 5.92 Å². The molecule has 33 heavy (non-hydrogen) atoms. The van der Waals surface area contributed by atoms with Crippen LogP contribution in [-0.4, -0.2) is 44.9 Å². The Morgan fingerprint density at radius 3 is 2.42 bits per heavy atom. The van der Waals surface area contributed by atoms with E-state index in [0.29, 0.717) is 6.54 Å². The van der Waals surface area contributed by atoms with Crippen molar-refractivity contribution in [2.45, 2.75) is 43.7 Å². The summed E-state index contributed by atoms with van der Waals surface area (Å²) < 4.78 is 34.5. The number of carbonyl (C=O) groups excluding carboxylic acids is 1. The van der Waals surface area contributed by atoms with Gasteiger partial charge in [-0.05, 0) is 66.9 Å². The zero-order valence-corrected chi connectivity index (χ0v) is 19.8. The number of rotatable bonds is 9. The number of nitrogens with one attached hydrogen (secondary N) is 2. The van der Waals surface area contributed by atoms with Crippen molar-refractivity contribution in [3.05, 3.63) is 66.6 Å². The smallest absolute Gasteiger partial charge is 0.241 e. The normalized spacial score (nSPS) is 16.8. The lowest BCUT2D eigenvalue weighted by Gasteiger charge is -2.28. The highest BCUT2D eigenvalue weighted by molar-refractivity contribution is 7.89. The van der Waals surface area contributed by atoms with E-state index in [0.717, 1.165) is 42.5 Å². The van der Waals surface area contributed by atoms with Gasteiger partial charge in [-0.15, -0.1) is 0 Å². The monoisotopic (exact) mass is 469 g/mol. The van der Waals surface area contributed by atoms with Gasteiger partial charge < -0.3 is 9.73 Å². The van der Waals surface area contributed by atoms with Crippen LogP contribution in [0.25, 0.3) is 10.8 Å². The van der Waals surface area contributed by atoms with Crippen LogP contribution >= 0.6 is 0 Å². The molecule has 8 heteroatoms. The molecule has 1 aromatic heterocycles. The van der Waals surface area contributed by atoms with Gasteiger partial charge in [0.15, 0.2) is 0 Å². The Bertz CT molecular complexity index is 1190. The van der Waals surface area contributed by atoms with E-state index in [4.69, 9.17) is 4.42 Å². The van der Waals surface area contributed by atoms with Crippen LogP contribution in [0.5, 0.6) is 0 Å². The predicted molar refractivity (Wildman–Crippen MR) is 128 cm³/mol. The third-order valence-corrected chi connectivity index (χ3v) is 7.62. The molecule has 0 saturated carbocycles. The quantitative estimate of drug-likeness (QED) is 0.499. The Hall–Kier alpha value is -2.68. The fourth-order valence-corrected chi connectivity index (χ4v) is 5.69. The molecule has 7 nitrogen and oxygen atoms in total. The van der Waals surface area contributed by atoms with Crippen LogP contribution in [0.1, 0.15) is 38.5 Å². The predicted octanol–water partition coefficient (Wildman–Crippen LogP) is 3.69. The van der Waals surface area contributed by atoms with E-state index in [2.05, 4.69) is 14.9 Å². The molecule has 1 saturated heterocycles. The molecule has 1 aliphatic heterocycles. The van der Waals surface area contributed by atoms with Crippen molar-refractivity contribution in [3.8, 4) is 0 Å². The number of likely N-dealkylation sites (tertiary alicyclic amines) is 1. The average Bonchev–Trinajstić information content (AvgIpc) is 3.52. The number of sulfonamides is 1. The maximum Gasteiger partial charge on any atom is 0.241 e. The van der Waals surface area contributed by atoms with E-state index in [-0.39, 0.29) is 22.8 Å². The van der Waals surface area contributed by atoms with Crippen LogP contribution in [0.3, 0.4) is 0 Å². The van der Waals surface area contributed by atoms with Gasteiger partial charge in [0.05, 0.1) is 17.2 Å². The molecular weight excluding hydrogens is 438 g/mol. The molecule has 0 bridgehead atoms. The van der Waals surface area contributed by atoms with Crippen molar-refractivity contribution in [2.75, 3.05) is 19.6 Å². The van der Waals surface area contributed by atoms with Gasteiger partial charge in [-0.2, -0.15) is 4.72 Å². The SMILES string of the molecule is CC(C)[C@@H](NS(=O)(=O)c1ccc2ccccc2c1)C(=O)NC[C@H](c1ccco1)N1CCCC1. The Kier molecular flexibility index (Phi) is 7.17. The zero-order chi connectivity index (χ0) is 23.4. The highest BCUT2D eigenvalue weighted by Crippen LogP contribution is 2.25. The third-order valence-electron chi connectivity index (χ3n) is 6.19. The van der Waals surface area contributed by atoms with Gasteiger partial charge in [0, 0.05) is 6.54 Å². The highest BCUT2D eigenvalue weighted by Gasteiger charge is 2.31. The standard InChI is InChI=1S/C25H31N3O4S/c1-18(2)24(27-33(30,31)21-12-11-19-8-3-4-9-20(19)16-21)25(29)26-17-22(23-10-7-15-32-23)28-13-5-6-14-28/h3-4,7-12,15-16,18,22,24,27H,5-6,13-14,17H2,1-2H3,(H,26,29)/t22-,24-/m1/s1. The number of amides is 1. The molecule has 2 atom stereocenters. The van der Waals surface area contributed by atoms with Crippen molar-refractivity contribution in [3.63, 3.8) is 0 Å². The van der Waals surface area contributed by atoms with Crippen LogP contribution in [-0.2, 0) is 14.8 Å². The van der Waals surface area contributed by atoms with E-state index in [1.54, 1.807) is 24.5 Å². The minimum absolute atomic E-state index is 0.0728. The lowest BCUT2D eigenvalue weighted by molar-refractivity contribution is -0.123. The van der Waals surface area contributed by atoms with E-state index < -0.39 is 16.1 Å². The fraction of sp³-hybridized carbons (Fsp3) is 0.400. The number of benzene rings is 2. The summed E-state index contributed by atoms with van der Waals surface area (Å²) in [5, 5.41) is 4.76. The molecule has 4 rings (SSSR count). The van der Waals surface area contributed by atoms with Crippen LogP contribution in [0, 0.1) is 5.92 Å². The lowest BCUT2D eigenvalue weighted by Crippen LogP contribution is -2.51. The Morgan fingerprint density at radius 1 is 1.03 bits per heavy atom. The molecule has 176 valence electrons. The topological polar surface area (TPSA) is 91.6 Å². The summed E-state index contributed by atoms with van der Waals surface area (Å²) >= 11 is 0. The van der Waals surface area contributed by atoms with Crippen LogP contribution in [0.2, 0.25) is 0 Å². The molecule has 0 aliphatic carbocycles. The number of carbonyl (C=O) groups is 1. The van der Waals surface area contributed by atoms with Crippen molar-refractivity contribution < 1.29 is 17.6 Å². The van der Waals surface area contributed by atoms with Gasteiger partial charge in [0.2, 0.25) is 15.9 Å². The first-order chi connectivity index (χ1) is 15.8. The molecule has 1 amide bonds. The first-order valence-electron chi connectivity index (χ1n) is 11.4. The highest BCUT2D eigenvalue weighted by atomic mass is 32.2. The molecule has 0 unspecified atom stereocenters. The van der Waals surface area contributed by atoms with Crippen LogP contribution in [0.15, 0.2) is 70.2 Å². The summed E-state index contributed by atoms with van der Waals surface area (Å²) in [6, 6.07) is 15.3. The molecule has 2 aromatic carbocycles. The van der Waals surface area contributed by atoms with E-state index in [9.17, 15) is 13.2 Å². The molecular formula is C25H31N3O4S. The Labute approximate surface area is 195 Å². The maximum atomic E-state index is 13.1. The summed E-state index contributed by atoms with van der Waals surface area (Å²) in [4.78, 5) is 15.5. The zero-order valence-electron chi connectivity index (χ0n) is 19.0. The molecule has 1 fully saturated rings. The second-order valence-electron chi connectivity index (χ2n) is 8.87. The van der Waals surface area contributed by atoms with Gasteiger partial charge in [-0.3, -0.25) is 9.69 Å². The van der Waals surface area contributed by atoms with Gasteiger partial charge in [-0.25, -0.2) is 8.42 Å². The largest absolute Gasteiger partial charge is 0.468 e. The number of furan rings is 1. The molecule has 0 radical (unpaired) electrons. The summed E-state index contributed by atoms with van der Waals surface area (Å²) in [7, 11) is -3.88. The molecule has 3 aromatic rings. The summed E-state index contributed by atoms with van der Waals surface area (Å²) in [6.07, 6.45) is 3.87. The molecule has 1 aliphatic rings. The van der Waals surface area contributed by atoms with Gasteiger partial charge in [0.1, 0.15) is 11.8 Å². The summed E-state index contributed by atoms with van der Waals surface area (Å²) in [5.41, 5.74) is 0. The van der Waals surface area contributed by atoms with E-state index >= 15 is 0 Å². The second kappa shape index (κ2) is 10.1. The summed E-state index contributed by atoms with van der Waals surface area (Å²) in [6.45, 7) is 5.91.